The molecule has 1 saturated heterocycles. The van der Waals surface area contributed by atoms with Crippen LogP contribution in [0.25, 0.3) is 0 Å². The molecule has 0 aliphatic carbocycles. The minimum atomic E-state index is -0.622. The summed E-state index contributed by atoms with van der Waals surface area (Å²) in [7, 11) is 4.26. The van der Waals surface area contributed by atoms with Gasteiger partial charge in [-0.05, 0) is 62.6 Å². The zero-order chi connectivity index (χ0) is 24.4. The van der Waals surface area contributed by atoms with Gasteiger partial charge >= 0.3 is 11.8 Å². The third kappa shape index (κ3) is 5.26. The summed E-state index contributed by atoms with van der Waals surface area (Å²) in [4.78, 5) is 32.5. The predicted octanol–water partition coefficient (Wildman–Crippen LogP) is 2.65. The Balaban J connectivity index is 1.47. The van der Waals surface area contributed by atoms with Crippen LogP contribution >= 0.6 is 0 Å². The van der Waals surface area contributed by atoms with Crippen LogP contribution in [-0.2, 0) is 16.0 Å². The lowest BCUT2D eigenvalue weighted by molar-refractivity contribution is -0.136. The number of anilines is 2. The molecule has 2 N–H and O–H groups in total. The maximum Gasteiger partial charge on any atom is 0.313 e. The smallest absolute Gasteiger partial charge is 0.313 e. The molecule has 1 fully saturated rings. The Hall–Kier alpha value is -2.90. The summed E-state index contributed by atoms with van der Waals surface area (Å²) in [5, 5.41) is 5.74. The van der Waals surface area contributed by atoms with E-state index in [4.69, 9.17) is 0 Å². The zero-order valence-corrected chi connectivity index (χ0v) is 21.1. The van der Waals surface area contributed by atoms with E-state index in [9.17, 15) is 9.59 Å². The normalized spacial score (nSPS) is 17.4. The molecule has 0 radical (unpaired) electrons. The molecule has 2 heterocycles. The van der Waals surface area contributed by atoms with Crippen molar-refractivity contribution in [3.63, 3.8) is 0 Å². The first-order valence-corrected chi connectivity index (χ1v) is 12.2. The number of nitrogens with one attached hydrogen (secondary N) is 2. The second-order valence-corrected chi connectivity index (χ2v) is 9.85. The first-order valence-electron chi connectivity index (χ1n) is 12.2. The summed E-state index contributed by atoms with van der Waals surface area (Å²) in [6.45, 7) is 11.2. The Kier molecular flexibility index (Phi) is 7.24. The summed E-state index contributed by atoms with van der Waals surface area (Å²) in [6, 6.07) is 10.7. The summed E-state index contributed by atoms with van der Waals surface area (Å²) in [5.74, 6) is -1.22. The number of hydrogen-bond donors (Lipinski definition) is 2. The van der Waals surface area contributed by atoms with Crippen molar-refractivity contribution in [1.82, 2.24) is 15.1 Å². The fourth-order valence-corrected chi connectivity index (χ4v) is 5.20. The fraction of sp³-hybridized carbons (Fsp3) is 0.481. The average Bonchev–Trinajstić information content (AvgIpc) is 3.17. The first kappa shape index (κ1) is 24.2. The van der Waals surface area contributed by atoms with Crippen LogP contribution in [0.15, 0.2) is 30.3 Å². The number of amides is 2. The molecule has 7 nitrogen and oxygen atoms in total. The third-order valence-corrected chi connectivity index (χ3v) is 7.17. The van der Waals surface area contributed by atoms with Crippen molar-refractivity contribution in [2.24, 2.45) is 0 Å². The molecule has 1 atom stereocenters. The van der Waals surface area contributed by atoms with Gasteiger partial charge in [0.15, 0.2) is 0 Å². The van der Waals surface area contributed by atoms with Gasteiger partial charge in [0.25, 0.3) is 0 Å². The van der Waals surface area contributed by atoms with E-state index < -0.39 is 11.8 Å². The Bertz CT molecular complexity index is 1050. The van der Waals surface area contributed by atoms with Gasteiger partial charge in [0.2, 0.25) is 0 Å². The summed E-state index contributed by atoms with van der Waals surface area (Å²) < 4.78 is 0. The number of nitrogens with zero attached hydrogens (tertiary/aromatic N) is 3. The largest absolute Gasteiger partial charge is 0.374 e. The number of fused-ring (bicyclic) bond motifs is 1. The molecule has 2 aromatic rings. The average molecular weight is 464 g/mol. The SMILES string of the molecule is Cc1cc(C)c(NC(=O)C(=O)NCC(c2ccc3c(c2)CCN3C)N2CCN(C)CC2)c(C)c1. The van der Waals surface area contributed by atoms with E-state index in [1.165, 1.54) is 16.8 Å². The highest BCUT2D eigenvalue weighted by Crippen LogP contribution is 2.31. The van der Waals surface area contributed by atoms with Crippen molar-refractivity contribution in [2.75, 3.05) is 63.6 Å². The lowest BCUT2D eigenvalue weighted by Crippen LogP contribution is -2.49. The number of hydrogen-bond acceptors (Lipinski definition) is 5. The van der Waals surface area contributed by atoms with Crippen LogP contribution in [0, 0.1) is 20.8 Å². The molecule has 2 aliphatic heterocycles. The Labute approximate surface area is 203 Å². The predicted molar refractivity (Wildman–Crippen MR) is 138 cm³/mol. The van der Waals surface area contributed by atoms with Gasteiger partial charge in [0.05, 0.1) is 6.04 Å². The highest BCUT2D eigenvalue weighted by atomic mass is 16.2. The number of aryl methyl sites for hydroxylation is 3. The van der Waals surface area contributed by atoms with Gasteiger partial charge in [-0.25, -0.2) is 0 Å². The summed E-state index contributed by atoms with van der Waals surface area (Å²) in [5.41, 5.74) is 7.59. The molecule has 0 aromatic heterocycles. The number of likely N-dealkylation sites (N-methyl/N-ethyl adjacent to an activating group) is 2. The summed E-state index contributed by atoms with van der Waals surface area (Å²) >= 11 is 0. The molecule has 182 valence electrons. The maximum absolute atomic E-state index is 12.8. The van der Waals surface area contributed by atoms with Crippen molar-refractivity contribution in [3.05, 3.63) is 58.1 Å². The molecule has 34 heavy (non-hydrogen) atoms. The van der Waals surface area contributed by atoms with Crippen molar-refractivity contribution in [3.8, 4) is 0 Å². The number of rotatable bonds is 5. The van der Waals surface area contributed by atoms with E-state index in [2.05, 4.69) is 57.6 Å². The van der Waals surface area contributed by atoms with E-state index in [0.717, 1.165) is 55.8 Å². The Morgan fingerprint density at radius 1 is 0.912 bits per heavy atom. The molecule has 7 heteroatoms. The van der Waals surface area contributed by atoms with Gasteiger partial charge in [-0.3, -0.25) is 14.5 Å². The minimum absolute atomic E-state index is 0.0319. The van der Waals surface area contributed by atoms with Crippen molar-refractivity contribution >= 4 is 23.2 Å². The number of benzene rings is 2. The molecule has 0 spiro atoms. The van der Waals surface area contributed by atoms with Crippen molar-refractivity contribution in [1.29, 1.82) is 0 Å². The molecule has 1 unspecified atom stereocenters. The van der Waals surface area contributed by atoms with Gasteiger partial charge in [-0.1, -0.05) is 29.8 Å². The topological polar surface area (TPSA) is 67.9 Å². The maximum atomic E-state index is 12.8. The molecule has 0 saturated carbocycles. The third-order valence-electron chi connectivity index (χ3n) is 7.17. The highest BCUT2D eigenvalue weighted by molar-refractivity contribution is 6.39. The van der Waals surface area contributed by atoms with E-state index in [0.29, 0.717) is 12.2 Å². The van der Waals surface area contributed by atoms with Gasteiger partial charge in [-0.2, -0.15) is 0 Å². The van der Waals surface area contributed by atoms with Crippen LogP contribution in [0.1, 0.15) is 33.9 Å². The second-order valence-electron chi connectivity index (χ2n) is 9.85. The number of carbonyl (C=O) groups is 2. The van der Waals surface area contributed by atoms with Crippen molar-refractivity contribution < 1.29 is 9.59 Å². The minimum Gasteiger partial charge on any atom is -0.374 e. The fourth-order valence-electron chi connectivity index (χ4n) is 5.20. The molecule has 2 aromatic carbocycles. The molecule has 2 amide bonds. The molecular formula is C27H37N5O2. The summed E-state index contributed by atoms with van der Waals surface area (Å²) in [6.07, 6.45) is 1.04. The van der Waals surface area contributed by atoms with Gasteiger partial charge in [0.1, 0.15) is 0 Å². The quantitative estimate of drug-likeness (QED) is 0.668. The monoisotopic (exact) mass is 463 g/mol. The number of carbonyl (C=O) groups excluding carboxylic acids is 2. The van der Waals surface area contributed by atoms with Crippen LogP contribution in [0.2, 0.25) is 0 Å². The first-order chi connectivity index (χ1) is 16.2. The van der Waals surface area contributed by atoms with E-state index in [1.807, 2.05) is 32.9 Å². The highest BCUT2D eigenvalue weighted by Gasteiger charge is 2.27. The zero-order valence-electron chi connectivity index (χ0n) is 21.1. The lowest BCUT2D eigenvalue weighted by Gasteiger charge is -2.38. The van der Waals surface area contributed by atoms with Crippen LogP contribution in [-0.4, -0.2) is 75.0 Å². The Morgan fingerprint density at radius 2 is 1.59 bits per heavy atom. The van der Waals surface area contributed by atoms with Gasteiger partial charge in [0, 0.05) is 57.7 Å². The molecule has 2 aliphatic rings. The van der Waals surface area contributed by atoms with E-state index >= 15 is 0 Å². The molecule has 0 bridgehead atoms. The standard InChI is InChI=1S/C27H37N5O2/c1-18-14-19(2)25(20(3)15-18)29-27(34)26(33)28-17-24(32-12-10-30(4)11-13-32)21-6-7-23-22(16-21)8-9-31(23)5/h6-7,14-16,24H,8-13,17H2,1-5H3,(H,28,33)(H,29,34). The van der Waals surface area contributed by atoms with E-state index in [1.54, 1.807) is 0 Å². The lowest BCUT2D eigenvalue weighted by atomic mass is 10.00. The van der Waals surface area contributed by atoms with E-state index in [-0.39, 0.29) is 6.04 Å². The van der Waals surface area contributed by atoms with Gasteiger partial charge in [-0.15, -0.1) is 0 Å². The molecule has 4 rings (SSSR count). The number of piperazine rings is 1. The van der Waals surface area contributed by atoms with Crippen LogP contribution in [0.5, 0.6) is 0 Å². The van der Waals surface area contributed by atoms with Crippen LogP contribution in [0.3, 0.4) is 0 Å². The van der Waals surface area contributed by atoms with Crippen LogP contribution in [0.4, 0.5) is 11.4 Å². The van der Waals surface area contributed by atoms with Gasteiger partial charge < -0.3 is 20.4 Å². The molecular weight excluding hydrogens is 426 g/mol. The van der Waals surface area contributed by atoms with Crippen LogP contribution < -0.4 is 15.5 Å². The second kappa shape index (κ2) is 10.2. The van der Waals surface area contributed by atoms with Crippen molar-refractivity contribution in [2.45, 2.75) is 33.2 Å². The Morgan fingerprint density at radius 3 is 2.26 bits per heavy atom.